The Kier molecular flexibility index (Phi) is 5.01. The van der Waals surface area contributed by atoms with E-state index in [0.29, 0.717) is 13.1 Å². The normalized spacial score (nSPS) is 15.4. The molecule has 0 bridgehead atoms. The van der Waals surface area contributed by atoms with Crippen molar-refractivity contribution in [2.75, 3.05) is 27.2 Å². The van der Waals surface area contributed by atoms with Crippen molar-refractivity contribution in [3.05, 3.63) is 0 Å². The predicted molar refractivity (Wildman–Crippen MR) is 49.5 cm³/mol. The van der Waals surface area contributed by atoms with E-state index in [1.807, 2.05) is 13.8 Å². The lowest BCUT2D eigenvalue weighted by Gasteiger charge is -2.31. The van der Waals surface area contributed by atoms with Crippen molar-refractivity contribution in [2.24, 2.45) is 0 Å². The first-order valence-corrected chi connectivity index (χ1v) is 5.19. The molecule has 1 unspecified atom stereocenters. The molecule has 0 saturated heterocycles. The van der Waals surface area contributed by atoms with Crippen LogP contribution < -0.4 is 0 Å². The van der Waals surface area contributed by atoms with Crippen LogP contribution in [0.3, 0.4) is 0 Å². The molecule has 0 aliphatic heterocycles. The Morgan fingerprint density at radius 3 is 2.31 bits per heavy atom. The SMILES string of the molecule is CC(C)N(O)CC[N+](C)(C)S(=O)[O-]. The smallest absolute Gasteiger partial charge is 0.147 e. The van der Waals surface area contributed by atoms with Gasteiger partial charge in [-0.05, 0) is 13.8 Å². The van der Waals surface area contributed by atoms with Crippen LogP contribution in [0.25, 0.3) is 0 Å². The Bertz CT molecular complexity index is 185. The Morgan fingerprint density at radius 2 is 2.00 bits per heavy atom. The molecule has 0 heterocycles. The highest BCUT2D eigenvalue weighted by Crippen LogP contribution is 2.02. The highest BCUT2D eigenvalue weighted by molar-refractivity contribution is 7.73. The van der Waals surface area contributed by atoms with Gasteiger partial charge in [-0.1, -0.05) is 0 Å². The molecule has 5 nitrogen and oxygen atoms in total. The first-order chi connectivity index (χ1) is 5.77. The number of rotatable bonds is 5. The molecule has 13 heavy (non-hydrogen) atoms. The van der Waals surface area contributed by atoms with Crippen molar-refractivity contribution >= 4 is 11.3 Å². The summed E-state index contributed by atoms with van der Waals surface area (Å²) < 4.78 is 21.2. The molecular formula is C7H18N2O3S. The quantitative estimate of drug-likeness (QED) is 0.393. The fourth-order valence-corrected chi connectivity index (χ4v) is 0.907. The zero-order valence-corrected chi connectivity index (χ0v) is 9.37. The average Bonchev–Trinajstić information content (AvgIpc) is 1.99. The van der Waals surface area contributed by atoms with Gasteiger partial charge in [-0.15, -0.1) is 0 Å². The number of nitrogens with zero attached hydrogens (tertiary/aromatic N) is 2. The molecule has 0 saturated carbocycles. The van der Waals surface area contributed by atoms with Crippen molar-refractivity contribution in [3.8, 4) is 0 Å². The largest absolute Gasteiger partial charge is 0.724 e. The third-order valence-electron chi connectivity index (χ3n) is 1.87. The summed E-state index contributed by atoms with van der Waals surface area (Å²) >= 11 is -2.16. The maximum Gasteiger partial charge on any atom is 0.147 e. The van der Waals surface area contributed by atoms with Crippen molar-refractivity contribution in [3.63, 3.8) is 0 Å². The van der Waals surface area contributed by atoms with Crippen LogP contribution in [-0.2, 0) is 11.3 Å². The average molecular weight is 210 g/mol. The van der Waals surface area contributed by atoms with Gasteiger partial charge < -0.3 is 9.76 Å². The summed E-state index contributed by atoms with van der Waals surface area (Å²) in [6.45, 7) is 4.39. The molecule has 1 N–H and O–H groups in total. The summed E-state index contributed by atoms with van der Waals surface area (Å²) in [5, 5.41) is 10.4. The summed E-state index contributed by atoms with van der Waals surface area (Å²) in [6.07, 6.45) is 0. The highest BCUT2D eigenvalue weighted by Gasteiger charge is 2.18. The fraction of sp³-hybridized carbons (Fsp3) is 1.00. The minimum Gasteiger partial charge on any atom is -0.724 e. The lowest BCUT2D eigenvalue weighted by Crippen LogP contribution is -2.46. The first-order valence-electron chi connectivity index (χ1n) is 4.16. The second-order valence-corrected chi connectivity index (χ2v) is 5.19. The van der Waals surface area contributed by atoms with Crippen molar-refractivity contribution in [1.29, 1.82) is 0 Å². The molecule has 0 amide bonds. The van der Waals surface area contributed by atoms with Crippen LogP contribution in [0.15, 0.2) is 0 Å². The minimum atomic E-state index is -2.16. The second-order valence-electron chi connectivity index (χ2n) is 3.77. The number of hydrogen-bond acceptors (Lipinski definition) is 4. The standard InChI is InChI=1S/C7H18N2O3S/c1-7(2)8(10)5-6-9(3,4)13(11)12/h7,10H,5-6H2,1-4H3. The monoisotopic (exact) mass is 210 g/mol. The van der Waals surface area contributed by atoms with Gasteiger partial charge in [-0.25, -0.2) is 4.21 Å². The van der Waals surface area contributed by atoms with Crippen LogP contribution in [0, 0.1) is 0 Å². The van der Waals surface area contributed by atoms with E-state index in [1.165, 1.54) is 0 Å². The first kappa shape index (κ1) is 13.0. The Labute approximate surface area is 81.9 Å². The second kappa shape index (κ2) is 5.02. The van der Waals surface area contributed by atoms with E-state index >= 15 is 0 Å². The van der Waals surface area contributed by atoms with Crippen LogP contribution in [0.4, 0.5) is 0 Å². The predicted octanol–water partition coefficient (Wildman–Crippen LogP) is -0.0435. The van der Waals surface area contributed by atoms with Gasteiger partial charge in [0.2, 0.25) is 0 Å². The lowest BCUT2D eigenvalue weighted by molar-refractivity contribution is -0.763. The summed E-state index contributed by atoms with van der Waals surface area (Å²) in [7, 11) is 3.16. The summed E-state index contributed by atoms with van der Waals surface area (Å²) in [5.74, 6) is 0. The zero-order valence-electron chi connectivity index (χ0n) is 8.56. The molecule has 0 spiro atoms. The summed E-state index contributed by atoms with van der Waals surface area (Å²) in [4.78, 5) is 0. The maximum absolute atomic E-state index is 10.7. The number of hydrogen-bond donors (Lipinski definition) is 1. The van der Waals surface area contributed by atoms with E-state index in [1.54, 1.807) is 14.1 Å². The topological polar surface area (TPSA) is 63.6 Å². The molecule has 0 aromatic rings. The molecular weight excluding hydrogens is 192 g/mol. The summed E-state index contributed by atoms with van der Waals surface area (Å²) in [5.41, 5.74) is 0. The number of hydroxylamine groups is 2. The Morgan fingerprint density at radius 1 is 1.54 bits per heavy atom. The molecule has 80 valence electrons. The van der Waals surface area contributed by atoms with Crippen LogP contribution in [0.5, 0.6) is 0 Å². The zero-order chi connectivity index (χ0) is 10.6. The van der Waals surface area contributed by atoms with E-state index in [9.17, 15) is 14.0 Å². The van der Waals surface area contributed by atoms with Gasteiger partial charge in [-0.2, -0.15) is 5.06 Å². The van der Waals surface area contributed by atoms with E-state index < -0.39 is 11.3 Å². The molecule has 0 rings (SSSR count). The van der Waals surface area contributed by atoms with Crippen molar-refractivity contribution < 1.29 is 17.9 Å². The highest BCUT2D eigenvalue weighted by atomic mass is 32.2. The third kappa shape index (κ3) is 4.68. The Hall–Kier alpha value is -0.0100. The van der Waals surface area contributed by atoms with Crippen LogP contribution in [0.1, 0.15) is 13.8 Å². The van der Waals surface area contributed by atoms with Gasteiger partial charge in [0, 0.05) is 6.04 Å². The van der Waals surface area contributed by atoms with Crippen molar-refractivity contribution in [2.45, 2.75) is 19.9 Å². The molecule has 0 aromatic carbocycles. The molecule has 0 fully saturated rings. The lowest BCUT2D eigenvalue weighted by atomic mass is 10.4. The van der Waals surface area contributed by atoms with Gasteiger partial charge in [0.05, 0.1) is 20.6 Å². The van der Waals surface area contributed by atoms with Gasteiger partial charge in [0.25, 0.3) is 0 Å². The maximum atomic E-state index is 10.7. The molecule has 0 radical (unpaired) electrons. The van der Waals surface area contributed by atoms with Gasteiger partial charge >= 0.3 is 0 Å². The Balaban J connectivity index is 3.95. The minimum absolute atomic E-state index is 0.0140. The molecule has 0 aliphatic carbocycles. The van der Waals surface area contributed by atoms with E-state index in [0.717, 1.165) is 5.06 Å². The molecule has 6 heteroatoms. The van der Waals surface area contributed by atoms with Crippen LogP contribution >= 0.6 is 0 Å². The number of likely N-dealkylation sites (N-methyl/N-ethyl adjacent to an activating group) is 1. The van der Waals surface area contributed by atoms with E-state index in [-0.39, 0.29) is 9.93 Å². The molecule has 0 aliphatic rings. The van der Waals surface area contributed by atoms with Crippen LogP contribution in [0.2, 0.25) is 0 Å². The van der Waals surface area contributed by atoms with Gasteiger partial charge in [-0.3, -0.25) is 3.89 Å². The van der Waals surface area contributed by atoms with E-state index in [2.05, 4.69) is 0 Å². The van der Waals surface area contributed by atoms with Gasteiger partial charge in [0.15, 0.2) is 0 Å². The van der Waals surface area contributed by atoms with E-state index in [4.69, 9.17) is 0 Å². The fourth-order valence-electron chi connectivity index (χ4n) is 0.676. The number of quaternary nitrogens is 1. The van der Waals surface area contributed by atoms with Gasteiger partial charge in [0.1, 0.15) is 17.8 Å². The summed E-state index contributed by atoms with van der Waals surface area (Å²) in [6, 6.07) is 0.0140. The third-order valence-corrected chi connectivity index (χ3v) is 2.86. The molecule has 0 aromatic heterocycles. The molecule has 1 atom stereocenters. The van der Waals surface area contributed by atoms with Crippen LogP contribution in [-0.4, -0.2) is 56.1 Å². The van der Waals surface area contributed by atoms with Crippen molar-refractivity contribution in [1.82, 2.24) is 5.06 Å².